The van der Waals surface area contributed by atoms with Crippen molar-refractivity contribution in [2.45, 2.75) is 17.7 Å². The van der Waals surface area contributed by atoms with Crippen LogP contribution in [0.25, 0.3) is 0 Å². The third-order valence-corrected chi connectivity index (χ3v) is 5.23. The molecule has 1 aromatic rings. The molecule has 5 nitrogen and oxygen atoms in total. The third kappa shape index (κ3) is 2.23. The van der Waals surface area contributed by atoms with Crippen molar-refractivity contribution >= 4 is 35.1 Å². The Hall–Kier alpha value is -1.07. The fraction of sp³-hybridized carbons (Fsp3) is 0.615. The highest BCUT2D eigenvalue weighted by atomic mass is 35.5. The molecule has 1 aromatic heterocycles. The molecular formula is C13H16Cl2N4O. The van der Waals surface area contributed by atoms with Gasteiger partial charge in [-0.05, 0) is 19.4 Å². The number of rotatable bonds is 2. The maximum Gasteiger partial charge on any atom is 0.231 e. The van der Waals surface area contributed by atoms with Crippen LogP contribution in [0.3, 0.4) is 0 Å². The Kier molecular flexibility index (Phi) is 3.29. The maximum absolute atomic E-state index is 12.4. The number of hydrogen-bond acceptors (Lipinski definition) is 4. The monoisotopic (exact) mass is 314 g/mol. The van der Waals surface area contributed by atoms with Gasteiger partial charge in [-0.1, -0.05) is 0 Å². The summed E-state index contributed by atoms with van der Waals surface area (Å²) in [6.07, 6.45) is 3.98. The molecule has 3 rings (SSSR count). The average molecular weight is 315 g/mol. The van der Waals surface area contributed by atoms with Gasteiger partial charge >= 0.3 is 0 Å². The molecule has 2 heterocycles. The lowest BCUT2D eigenvalue weighted by molar-refractivity contribution is -0.136. The van der Waals surface area contributed by atoms with Gasteiger partial charge in [0.25, 0.3) is 0 Å². The highest BCUT2D eigenvalue weighted by Gasteiger charge is 2.68. The maximum atomic E-state index is 12.4. The zero-order valence-electron chi connectivity index (χ0n) is 11.2. The Balaban J connectivity index is 1.61. The number of anilines is 1. The summed E-state index contributed by atoms with van der Waals surface area (Å²) in [6.45, 7) is 4.59. The van der Waals surface area contributed by atoms with Gasteiger partial charge in [0, 0.05) is 38.6 Å². The van der Waals surface area contributed by atoms with Crippen LogP contribution in [0.5, 0.6) is 0 Å². The molecule has 0 bridgehead atoms. The second kappa shape index (κ2) is 4.74. The summed E-state index contributed by atoms with van der Waals surface area (Å²) in [4.78, 5) is 24.8. The van der Waals surface area contributed by atoms with E-state index in [2.05, 4.69) is 14.9 Å². The van der Waals surface area contributed by atoms with Crippen molar-refractivity contribution in [3.8, 4) is 0 Å². The highest BCUT2D eigenvalue weighted by Crippen LogP contribution is 2.64. The third-order valence-electron chi connectivity index (χ3n) is 4.13. The minimum Gasteiger partial charge on any atom is -0.339 e. The normalized spacial score (nSPS) is 28.4. The number of amides is 1. The Labute approximate surface area is 127 Å². The first-order valence-corrected chi connectivity index (χ1v) is 7.39. The van der Waals surface area contributed by atoms with Crippen LogP contribution in [0.2, 0.25) is 0 Å². The molecule has 7 heteroatoms. The minimum absolute atomic E-state index is 0.0520. The van der Waals surface area contributed by atoms with Crippen LogP contribution in [-0.4, -0.2) is 51.3 Å². The van der Waals surface area contributed by atoms with Crippen LogP contribution in [0, 0.1) is 5.41 Å². The van der Waals surface area contributed by atoms with Gasteiger partial charge in [-0.25, -0.2) is 9.97 Å². The van der Waals surface area contributed by atoms with E-state index >= 15 is 0 Å². The summed E-state index contributed by atoms with van der Waals surface area (Å²) in [5, 5.41) is 0. The van der Waals surface area contributed by atoms with Crippen LogP contribution in [0.1, 0.15) is 13.3 Å². The van der Waals surface area contributed by atoms with E-state index in [-0.39, 0.29) is 5.91 Å². The molecule has 20 heavy (non-hydrogen) atoms. The second-order valence-corrected chi connectivity index (χ2v) is 7.03. The zero-order valence-corrected chi connectivity index (χ0v) is 12.7. The van der Waals surface area contributed by atoms with Gasteiger partial charge in [0.2, 0.25) is 11.9 Å². The van der Waals surface area contributed by atoms with E-state index in [1.54, 1.807) is 18.5 Å². The van der Waals surface area contributed by atoms with Crippen LogP contribution < -0.4 is 4.90 Å². The van der Waals surface area contributed by atoms with E-state index in [1.165, 1.54) is 0 Å². The summed E-state index contributed by atoms with van der Waals surface area (Å²) in [5.74, 6) is 0.761. The van der Waals surface area contributed by atoms with Crippen molar-refractivity contribution in [1.29, 1.82) is 0 Å². The number of hydrogen-bond donors (Lipinski definition) is 0. The molecule has 1 amide bonds. The minimum atomic E-state index is -0.899. The van der Waals surface area contributed by atoms with Crippen molar-refractivity contribution in [3.05, 3.63) is 18.5 Å². The molecule has 1 atom stereocenters. The molecule has 0 aromatic carbocycles. The molecule has 0 radical (unpaired) electrons. The molecule has 1 unspecified atom stereocenters. The summed E-state index contributed by atoms with van der Waals surface area (Å²) >= 11 is 12.1. The fourth-order valence-electron chi connectivity index (χ4n) is 2.54. The number of nitrogens with zero attached hydrogens (tertiary/aromatic N) is 4. The van der Waals surface area contributed by atoms with Gasteiger partial charge in [-0.15, -0.1) is 23.2 Å². The van der Waals surface area contributed by atoms with Crippen LogP contribution in [-0.2, 0) is 4.79 Å². The Bertz CT molecular complexity index is 516. The molecule has 0 spiro atoms. The lowest BCUT2D eigenvalue weighted by atomic mass is 10.1. The van der Waals surface area contributed by atoms with Crippen LogP contribution >= 0.6 is 23.2 Å². The molecule has 1 saturated heterocycles. The number of halogens is 2. The van der Waals surface area contributed by atoms with Gasteiger partial charge < -0.3 is 9.80 Å². The lowest BCUT2D eigenvalue weighted by Crippen LogP contribution is -2.51. The van der Waals surface area contributed by atoms with Gasteiger partial charge in [0.15, 0.2) is 0 Å². The standard InChI is InChI=1S/C13H16Cl2N4O/c1-12(9-13(12,14)15)10(20)18-5-7-19(8-6-18)11-16-3-2-4-17-11/h2-4H,5-9H2,1H3. The number of aromatic nitrogens is 2. The van der Waals surface area contributed by atoms with Crippen molar-refractivity contribution in [1.82, 2.24) is 14.9 Å². The first kappa shape index (κ1) is 13.9. The van der Waals surface area contributed by atoms with Crippen molar-refractivity contribution in [2.75, 3.05) is 31.1 Å². The smallest absolute Gasteiger partial charge is 0.231 e. The van der Waals surface area contributed by atoms with E-state index in [0.717, 1.165) is 13.1 Å². The fourth-order valence-corrected chi connectivity index (χ4v) is 3.24. The summed E-state index contributed by atoms with van der Waals surface area (Å²) in [7, 11) is 0. The van der Waals surface area contributed by atoms with Crippen molar-refractivity contribution in [2.24, 2.45) is 5.41 Å². The predicted octanol–water partition coefficient (Wildman–Crippen LogP) is 1.71. The Morgan fingerprint density at radius 1 is 1.20 bits per heavy atom. The molecule has 1 saturated carbocycles. The largest absolute Gasteiger partial charge is 0.339 e. The molecule has 2 fully saturated rings. The SMILES string of the molecule is CC1(C(=O)N2CCN(c3ncccn3)CC2)CC1(Cl)Cl. The molecule has 2 aliphatic rings. The van der Waals surface area contributed by atoms with Crippen molar-refractivity contribution < 1.29 is 4.79 Å². The lowest BCUT2D eigenvalue weighted by Gasteiger charge is -2.36. The van der Waals surface area contributed by atoms with E-state index in [4.69, 9.17) is 23.2 Å². The molecule has 0 N–H and O–H groups in total. The van der Waals surface area contributed by atoms with Gasteiger partial charge in [0.05, 0.1) is 5.41 Å². The van der Waals surface area contributed by atoms with Gasteiger partial charge in [-0.2, -0.15) is 0 Å². The molecule has 1 aliphatic carbocycles. The second-order valence-electron chi connectivity index (χ2n) is 5.54. The number of alkyl halides is 2. The van der Waals surface area contributed by atoms with E-state index in [1.807, 2.05) is 11.8 Å². The quantitative estimate of drug-likeness (QED) is 0.780. The highest BCUT2D eigenvalue weighted by molar-refractivity contribution is 6.53. The molecule has 108 valence electrons. The summed E-state index contributed by atoms with van der Waals surface area (Å²) in [6, 6.07) is 1.79. The zero-order chi connectivity index (χ0) is 14.4. The predicted molar refractivity (Wildman–Crippen MR) is 78.0 cm³/mol. The van der Waals surface area contributed by atoms with Crippen LogP contribution in [0.4, 0.5) is 5.95 Å². The van der Waals surface area contributed by atoms with E-state index < -0.39 is 9.75 Å². The number of carbonyl (C=O) groups is 1. The Morgan fingerprint density at radius 3 is 2.25 bits per heavy atom. The van der Waals surface area contributed by atoms with Gasteiger partial charge in [0.1, 0.15) is 4.33 Å². The number of piperazine rings is 1. The van der Waals surface area contributed by atoms with E-state index in [9.17, 15) is 4.79 Å². The first-order chi connectivity index (χ1) is 9.44. The molecule has 1 aliphatic heterocycles. The average Bonchev–Trinajstić information content (AvgIpc) is 2.99. The van der Waals surface area contributed by atoms with Crippen molar-refractivity contribution in [3.63, 3.8) is 0 Å². The molecular weight excluding hydrogens is 299 g/mol. The summed E-state index contributed by atoms with van der Waals surface area (Å²) in [5.41, 5.74) is -0.623. The van der Waals surface area contributed by atoms with E-state index in [0.29, 0.717) is 25.5 Å². The topological polar surface area (TPSA) is 49.3 Å². The Morgan fingerprint density at radius 2 is 1.75 bits per heavy atom. The van der Waals surface area contributed by atoms with Crippen LogP contribution in [0.15, 0.2) is 18.5 Å². The first-order valence-electron chi connectivity index (χ1n) is 6.63. The summed E-state index contributed by atoms with van der Waals surface area (Å²) < 4.78 is -0.899. The van der Waals surface area contributed by atoms with Gasteiger partial charge in [-0.3, -0.25) is 4.79 Å². The number of carbonyl (C=O) groups excluding carboxylic acids is 1.